The molecule has 0 saturated heterocycles. The van der Waals surface area contributed by atoms with Crippen LogP contribution in [-0.4, -0.2) is 43.0 Å². The second kappa shape index (κ2) is 10.0. The lowest BCUT2D eigenvalue weighted by molar-refractivity contribution is -0.274. The molecule has 192 valence electrons. The van der Waals surface area contributed by atoms with Crippen molar-refractivity contribution in [3.63, 3.8) is 0 Å². The Morgan fingerprint density at radius 2 is 1.94 bits per heavy atom. The number of imidazole rings is 1. The van der Waals surface area contributed by atoms with Crippen molar-refractivity contribution in [1.82, 2.24) is 18.7 Å². The van der Waals surface area contributed by atoms with Gasteiger partial charge in [0.05, 0.1) is 6.54 Å². The molecule has 0 amide bonds. The largest absolute Gasteiger partial charge is 0.573 e. The first kappa shape index (κ1) is 25.2. The number of aliphatic hydroxyl groups excluding tert-OH is 1. The van der Waals surface area contributed by atoms with Crippen LogP contribution in [-0.2, 0) is 20.1 Å². The molecule has 10 nitrogen and oxygen atoms in total. The van der Waals surface area contributed by atoms with E-state index in [1.165, 1.54) is 28.3 Å². The fraction of sp³-hybridized carbons (Fsp3) is 0.391. The zero-order valence-corrected chi connectivity index (χ0v) is 19.5. The number of aliphatic imine (C=N–C) groups is 1. The molecule has 1 aliphatic heterocycles. The molecule has 1 N–H and O–H groups in total. The summed E-state index contributed by atoms with van der Waals surface area (Å²) in [4.78, 5) is 34.7. The number of ether oxygens (including phenoxy) is 2. The Kier molecular flexibility index (Phi) is 7.02. The molecule has 1 aromatic carbocycles. The van der Waals surface area contributed by atoms with Gasteiger partial charge in [-0.2, -0.15) is 4.98 Å². The lowest BCUT2D eigenvalue weighted by atomic mass is 10.0. The SMILES string of the molecule is CC1C=NC=C(Cn2c(Oc3cccc(OC(F)(F)F)c3)nc3c2c(=O)n(CCCO)c(=O)n3C)C1. The molecule has 4 rings (SSSR count). The third-order valence-corrected chi connectivity index (χ3v) is 5.53. The van der Waals surface area contributed by atoms with Crippen LogP contribution in [0.2, 0.25) is 0 Å². The van der Waals surface area contributed by atoms with Crippen LogP contribution in [0.5, 0.6) is 17.5 Å². The van der Waals surface area contributed by atoms with E-state index >= 15 is 0 Å². The van der Waals surface area contributed by atoms with E-state index in [1.807, 2.05) is 6.92 Å². The zero-order chi connectivity index (χ0) is 26.0. The molecule has 0 aliphatic carbocycles. The van der Waals surface area contributed by atoms with Gasteiger partial charge >= 0.3 is 18.1 Å². The number of aliphatic hydroxyl groups is 1. The molecule has 36 heavy (non-hydrogen) atoms. The topological polar surface area (TPSA) is 113 Å². The second-order valence-corrected chi connectivity index (χ2v) is 8.42. The number of hydrogen-bond acceptors (Lipinski definition) is 7. The number of hydrogen-bond donors (Lipinski definition) is 1. The number of rotatable bonds is 8. The molecule has 0 spiro atoms. The summed E-state index contributed by atoms with van der Waals surface area (Å²) in [6, 6.07) is 4.81. The van der Waals surface area contributed by atoms with E-state index in [0.29, 0.717) is 6.42 Å². The molecule has 3 aromatic rings. The standard InChI is InChI=1S/C23H24F3N5O5/c1-14-9-15(12-27-11-14)13-31-18-19(29(2)22(34)30(20(18)33)7-4-8-32)28-21(31)35-16-5-3-6-17(10-16)36-23(24,25)26/h3,5-6,10-12,14,32H,4,7-9,13H2,1-2H3. The van der Waals surface area contributed by atoms with Gasteiger partial charge in [-0.3, -0.25) is 23.5 Å². The van der Waals surface area contributed by atoms with E-state index in [4.69, 9.17) is 4.74 Å². The number of nitrogens with zero attached hydrogens (tertiary/aromatic N) is 5. The molecule has 2 aromatic heterocycles. The highest BCUT2D eigenvalue weighted by molar-refractivity contribution is 5.72. The van der Waals surface area contributed by atoms with Gasteiger partial charge in [0.15, 0.2) is 11.2 Å². The lowest BCUT2D eigenvalue weighted by Gasteiger charge is -2.16. The van der Waals surface area contributed by atoms with E-state index in [9.17, 15) is 27.9 Å². The second-order valence-electron chi connectivity index (χ2n) is 8.42. The highest BCUT2D eigenvalue weighted by Crippen LogP contribution is 2.30. The Morgan fingerprint density at radius 3 is 2.64 bits per heavy atom. The Labute approximate surface area is 202 Å². The van der Waals surface area contributed by atoms with Crippen molar-refractivity contribution < 1.29 is 27.8 Å². The molecule has 1 atom stereocenters. The summed E-state index contributed by atoms with van der Waals surface area (Å²) in [6.07, 6.45) is -0.567. The Morgan fingerprint density at radius 1 is 1.19 bits per heavy atom. The fourth-order valence-electron chi connectivity index (χ4n) is 3.97. The summed E-state index contributed by atoms with van der Waals surface area (Å²) >= 11 is 0. The van der Waals surface area contributed by atoms with Crippen LogP contribution >= 0.6 is 0 Å². The predicted octanol–water partition coefficient (Wildman–Crippen LogP) is 2.96. The number of benzene rings is 1. The highest BCUT2D eigenvalue weighted by Gasteiger charge is 2.31. The number of aryl methyl sites for hydroxylation is 1. The summed E-state index contributed by atoms with van der Waals surface area (Å²) in [5.74, 6) is -0.339. The first-order valence-corrected chi connectivity index (χ1v) is 11.1. The highest BCUT2D eigenvalue weighted by atomic mass is 19.4. The van der Waals surface area contributed by atoms with Gasteiger partial charge in [0.1, 0.15) is 11.5 Å². The Bertz CT molecular complexity index is 1450. The van der Waals surface area contributed by atoms with Gasteiger partial charge in [-0.1, -0.05) is 13.0 Å². The van der Waals surface area contributed by atoms with Crippen molar-refractivity contribution in [2.75, 3.05) is 6.61 Å². The summed E-state index contributed by atoms with van der Waals surface area (Å²) < 4.78 is 51.5. The van der Waals surface area contributed by atoms with Gasteiger partial charge in [0.25, 0.3) is 5.56 Å². The van der Waals surface area contributed by atoms with Gasteiger partial charge < -0.3 is 14.6 Å². The quantitative estimate of drug-likeness (QED) is 0.502. The van der Waals surface area contributed by atoms with Crippen LogP contribution in [0.15, 0.2) is 50.6 Å². The van der Waals surface area contributed by atoms with Crippen molar-refractivity contribution in [3.05, 3.63) is 56.9 Å². The maximum absolute atomic E-state index is 13.4. The number of allylic oxidation sites excluding steroid dienone is 1. The van der Waals surface area contributed by atoms with Gasteiger partial charge in [0.2, 0.25) is 0 Å². The van der Waals surface area contributed by atoms with Gasteiger partial charge in [0, 0.05) is 38.7 Å². The number of alkyl halides is 3. The third kappa shape index (κ3) is 5.35. The van der Waals surface area contributed by atoms with E-state index in [1.54, 1.807) is 12.4 Å². The molecule has 1 unspecified atom stereocenters. The van der Waals surface area contributed by atoms with Crippen LogP contribution in [0.4, 0.5) is 13.2 Å². The predicted molar refractivity (Wildman–Crippen MR) is 124 cm³/mol. The number of aromatic nitrogens is 4. The average Bonchev–Trinajstić information content (AvgIpc) is 3.15. The molecular formula is C23H24F3N5O5. The van der Waals surface area contributed by atoms with Crippen LogP contribution in [0, 0.1) is 5.92 Å². The zero-order valence-electron chi connectivity index (χ0n) is 19.5. The Hall–Kier alpha value is -3.87. The van der Waals surface area contributed by atoms with E-state index in [2.05, 4.69) is 14.7 Å². The van der Waals surface area contributed by atoms with Gasteiger partial charge in [-0.15, -0.1) is 13.2 Å². The molecule has 0 radical (unpaired) electrons. The number of fused-ring (bicyclic) bond motifs is 1. The van der Waals surface area contributed by atoms with Crippen molar-refractivity contribution in [2.45, 2.75) is 39.2 Å². The minimum Gasteiger partial charge on any atom is -0.425 e. The van der Waals surface area contributed by atoms with Gasteiger partial charge in [-0.25, -0.2) is 4.79 Å². The van der Waals surface area contributed by atoms with Crippen LogP contribution in [0.1, 0.15) is 19.8 Å². The molecule has 13 heteroatoms. The summed E-state index contributed by atoms with van der Waals surface area (Å²) in [7, 11) is 1.45. The first-order chi connectivity index (χ1) is 17.1. The average molecular weight is 507 g/mol. The summed E-state index contributed by atoms with van der Waals surface area (Å²) in [6.45, 7) is 1.93. The molecule has 1 aliphatic rings. The van der Waals surface area contributed by atoms with E-state index < -0.39 is 23.4 Å². The van der Waals surface area contributed by atoms with E-state index in [0.717, 1.165) is 22.3 Å². The van der Waals surface area contributed by atoms with Crippen LogP contribution in [0.25, 0.3) is 11.2 Å². The lowest BCUT2D eigenvalue weighted by Crippen LogP contribution is -2.40. The maximum Gasteiger partial charge on any atom is 0.573 e. The maximum atomic E-state index is 13.4. The van der Waals surface area contributed by atoms with Crippen molar-refractivity contribution in [3.8, 4) is 17.5 Å². The van der Waals surface area contributed by atoms with E-state index in [-0.39, 0.29) is 55.0 Å². The van der Waals surface area contributed by atoms with Crippen LogP contribution < -0.4 is 20.7 Å². The molecule has 0 bridgehead atoms. The fourth-order valence-corrected chi connectivity index (χ4v) is 3.97. The summed E-state index contributed by atoms with van der Waals surface area (Å²) in [5.41, 5.74) is -0.246. The first-order valence-electron chi connectivity index (χ1n) is 11.1. The molecular weight excluding hydrogens is 483 g/mol. The monoisotopic (exact) mass is 507 g/mol. The smallest absolute Gasteiger partial charge is 0.425 e. The van der Waals surface area contributed by atoms with Crippen LogP contribution in [0.3, 0.4) is 0 Å². The Balaban J connectivity index is 1.85. The third-order valence-electron chi connectivity index (χ3n) is 5.53. The van der Waals surface area contributed by atoms with Crippen molar-refractivity contribution in [1.29, 1.82) is 0 Å². The van der Waals surface area contributed by atoms with Crippen molar-refractivity contribution >= 4 is 17.4 Å². The minimum atomic E-state index is -4.88. The molecule has 3 heterocycles. The molecule has 0 fully saturated rings. The summed E-state index contributed by atoms with van der Waals surface area (Å²) in [5, 5.41) is 9.19. The molecule has 0 saturated carbocycles. The van der Waals surface area contributed by atoms with Gasteiger partial charge in [-0.05, 0) is 36.5 Å². The minimum absolute atomic E-state index is 0.000166. The normalized spacial score (nSPS) is 15.8. The van der Waals surface area contributed by atoms with Crippen molar-refractivity contribution in [2.24, 2.45) is 18.0 Å². The number of halogens is 3.